The minimum absolute atomic E-state index is 0.0734. The van der Waals surface area contributed by atoms with Crippen molar-refractivity contribution in [3.8, 4) is 0 Å². The first kappa shape index (κ1) is 11.7. The summed E-state index contributed by atoms with van der Waals surface area (Å²) in [6.07, 6.45) is 1.84. The second kappa shape index (κ2) is 5.01. The number of carboxylic acids is 1. The molecule has 0 saturated carbocycles. The van der Waals surface area contributed by atoms with Crippen LogP contribution in [-0.4, -0.2) is 29.6 Å². The van der Waals surface area contributed by atoms with Crippen molar-refractivity contribution in [3.63, 3.8) is 0 Å². The Kier molecular flexibility index (Phi) is 3.43. The molecular formula is C11H14N2O4. The minimum atomic E-state index is -1.11. The van der Waals surface area contributed by atoms with Gasteiger partial charge in [-0.2, -0.15) is 0 Å². The van der Waals surface area contributed by atoms with Gasteiger partial charge in [-0.25, -0.2) is 4.79 Å². The first-order valence-corrected chi connectivity index (χ1v) is 5.50. The molecule has 2 heterocycles. The van der Waals surface area contributed by atoms with Crippen LogP contribution in [0.5, 0.6) is 0 Å². The monoisotopic (exact) mass is 238 g/mol. The van der Waals surface area contributed by atoms with Crippen LogP contribution >= 0.6 is 0 Å². The van der Waals surface area contributed by atoms with Crippen molar-refractivity contribution in [1.82, 2.24) is 10.6 Å². The van der Waals surface area contributed by atoms with Gasteiger partial charge in [-0.15, -0.1) is 0 Å². The number of carbonyl (C=O) groups excluding carboxylic acids is 1. The van der Waals surface area contributed by atoms with E-state index in [2.05, 4.69) is 10.6 Å². The van der Waals surface area contributed by atoms with E-state index in [0.717, 1.165) is 19.4 Å². The van der Waals surface area contributed by atoms with Crippen molar-refractivity contribution < 1.29 is 19.1 Å². The molecule has 3 N–H and O–H groups in total. The van der Waals surface area contributed by atoms with Crippen LogP contribution in [0.4, 0.5) is 0 Å². The molecule has 0 aromatic carbocycles. The fraction of sp³-hybridized carbons (Fsp3) is 0.455. The maximum absolute atomic E-state index is 11.6. The predicted molar refractivity (Wildman–Crippen MR) is 58.5 cm³/mol. The van der Waals surface area contributed by atoms with Crippen LogP contribution in [0.15, 0.2) is 16.5 Å². The van der Waals surface area contributed by atoms with Gasteiger partial charge in [-0.1, -0.05) is 0 Å². The summed E-state index contributed by atoms with van der Waals surface area (Å²) < 4.78 is 5.02. The average molecular weight is 238 g/mol. The smallest absolute Gasteiger partial charge is 0.371 e. The van der Waals surface area contributed by atoms with Gasteiger partial charge in [0.1, 0.15) is 5.76 Å². The predicted octanol–water partition coefficient (Wildman–Crippen LogP) is 0.346. The van der Waals surface area contributed by atoms with Gasteiger partial charge in [0.05, 0.1) is 12.6 Å². The van der Waals surface area contributed by atoms with Crippen molar-refractivity contribution in [2.45, 2.75) is 25.4 Å². The first-order valence-electron chi connectivity index (χ1n) is 5.50. The van der Waals surface area contributed by atoms with Crippen molar-refractivity contribution in [3.05, 3.63) is 23.7 Å². The maximum atomic E-state index is 11.6. The minimum Gasteiger partial charge on any atom is -0.475 e. The molecule has 0 radical (unpaired) electrons. The topological polar surface area (TPSA) is 91.6 Å². The second-order valence-corrected chi connectivity index (χ2v) is 3.94. The third-order valence-corrected chi connectivity index (χ3v) is 2.69. The lowest BCUT2D eigenvalue weighted by molar-refractivity contribution is -0.123. The summed E-state index contributed by atoms with van der Waals surface area (Å²) in [5.74, 6) is -0.863. The summed E-state index contributed by atoms with van der Waals surface area (Å²) in [5.41, 5.74) is 0. The standard InChI is InChI=1S/C11H14N2O4/c14-10(8-2-1-5-12-8)13-6-7-3-4-9(17-7)11(15)16/h3-4,8,12H,1-2,5-6H2,(H,13,14)(H,15,16)/t8-/m0/s1. The first-order chi connectivity index (χ1) is 8.16. The third-order valence-electron chi connectivity index (χ3n) is 2.69. The fourth-order valence-corrected chi connectivity index (χ4v) is 1.79. The van der Waals surface area contributed by atoms with Gasteiger partial charge in [0, 0.05) is 0 Å². The molecular weight excluding hydrogens is 224 g/mol. The van der Waals surface area contributed by atoms with Crippen molar-refractivity contribution >= 4 is 11.9 Å². The van der Waals surface area contributed by atoms with E-state index in [1.54, 1.807) is 6.07 Å². The van der Waals surface area contributed by atoms with Crippen molar-refractivity contribution in [2.24, 2.45) is 0 Å². The number of amides is 1. The molecule has 0 bridgehead atoms. The van der Waals surface area contributed by atoms with E-state index in [9.17, 15) is 9.59 Å². The number of carbonyl (C=O) groups is 2. The Morgan fingerprint density at radius 1 is 1.53 bits per heavy atom. The number of rotatable bonds is 4. The zero-order chi connectivity index (χ0) is 12.3. The van der Waals surface area contributed by atoms with E-state index in [1.165, 1.54) is 6.07 Å². The lowest BCUT2D eigenvalue weighted by Gasteiger charge is -2.09. The van der Waals surface area contributed by atoms with Crippen molar-refractivity contribution in [2.75, 3.05) is 6.54 Å². The Bertz CT molecular complexity index is 421. The molecule has 6 heteroatoms. The van der Waals surface area contributed by atoms with Crippen LogP contribution in [0.1, 0.15) is 29.2 Å². The molecule has 1 aliphatic rings. The van der Waals surface area contributed by atoms with E-state index in [0.29, 0.717) is 5.76 Å². The molecule has 1 fully saturated rings. The molecule has 6 nitrogen and oxygen atoms in total. The van der Waals surface area contributed by atoms with E-state index < -0.39 is 5.97 Å². The Labute approximate surface area is 98.0 Å². The summed E-state index contributed by atoms with van der Waals surface area (Å²) in [6.45, 7) is 1.08. The molecule has 17 heavy (non-hydrogen) atoms. The lowest BCUT2D eigenvalue weighted by atomic mass is 10.2. The second-order valence-electron chi connectivity index (χ2n) is 3.94. The number of nitrogens with one attached hydrogen (secondary N) is 2. The number of hydrogen-bond acceptors (Lipinski definition) is 4. The molecule has 1 saturated heterocycles. The van der Waals surface area contributed by atoms with Crippen LogP contribution in [0.2, 0.25) is 0 Å². The Morgan fingerprint density at radius 2 is 2.35 bits per heavy atom. The number of hydrogen-bond donors (Lipinski definition) is 3. The molecule has 92 valence electrons. The molecule has 1 amide bonds. The molecule has 1 aromatic heterocycles. The molecule has 0 spiro atoms. The molecule has 0 aliphatic carbocycles. The molecule has 2 rings (SSSR count). The summed E-state index contributed by atoms with van der Waals surface area (Å²) in [7, 11) is 0. The highest BCUT2D eigenvalue weighted by molar-refractivity contribution is 5.84. The van der Waals surface area contributed by atoms with Crippen molar-refractivity contribution in [1.29, 1.82) is 0 Å². The summed E-state index contributed by atoms with van der Waals surface area (Å²) in [6, 6.07) is 2.78. The Morgan fingerprint density at radius 3 is 2.94 bits per heavy atom. The zero-order valence-corrected chi connectivity index (χ0v) is 9.23. The highest BCUT2D eigenvalue weighted by atomic mass is 16.4. The van der Waals surface area contributed by atoms with Gasteiger partial charge in [0.2, 0.25) is 11.7 Å². The third kappa shape index (κ3) is 2.85. The molecule has 1 atom stereocenters. The van der Waals surface area contributed by atoms with Gasteiger partial charge < -0.3 is 20.2 Å². The van der Waals surface area contributed by atoms with Crippen LogP contribution in [0.25, 0.3) is 0 Å². The van der Waals surface area contributed by atoms with E-state index >= 15 is 0 Å². The highest BCUT2D eigenvalue weighted by Gasteiger charge is 2.21. The number of furan rings is 1. The average Bonchev–Trinajstić information content (AvgIpc) is 2.97. The van der Waals surface area contributed by atoms with Crippen LogP contribution in [-0.2, 0) is 11.3 Å². The number of aromatic carboxylic acids is 1. The van der Waals surface area contributed by atoms with E-state index in [4.69, 9.17) is 9.52 Å². The molecule has 1 aromatic rings. The van der Waals surface area contributed by atoms with Crippen LogP contribution < -0.4 is 10.6 Å². The lowest BCUT2D eigenvalue weighted by Crippen LogP contribution is -2.39. The SMILES string of the molecule is O=C(O)c1ccc(CNC(=O)[C@@H]2CCCN2)o1. The van der Waals surface area contributed by atoms with Gasteiger partial charge in [-0.3, -0.25) is 4.79 Å². The summed E-state index contributed by atoms with van der Waals surface area (Å²) in [4.78, 5) is 22.2. The summed E-state index contributed by atoms with van der Waals surface area (Å²) >= 11 is 0. The van der Waals surface area contributed by atoms with Crippen LogP contribution in [0.3, 0.4) is 0 Å². The highest BCUT2D eigenvalue weighted by Crippen LogP contribution is 2.08. The maximum Gasteiger partial charge on any atom is 0.371 e. The molecule has 0 unspecified atom stereocenters. The van der Waals surface area contributed by atoms with E-state index in [-0.39, 0.29) is 24.3 Å². The normalized spacial score (nSPS) is 19.2. The Balaban J connectivity index is 1.84. The quantitative estimate of drug-likeness (QED) is 0.703. The fourth-order valence-electron chi connectivity index (χ4n) is 1.79. The zero-order valence-electron chi connectivity index (χ0n) is 9.23. The van der Waals surface area contributed by atoms with Gasteiger partial charge in [0.15, 0.2) is 0 Å². The van der Waals surface area contributed by atoms with Gasteiger partial charge >= 0.3 is 5.97 Å². The van der Waals surface area contributed by atoms with Gasteiger partial charge in [0.25, 0.3) is 0 Å². The van der Waals surface area contributed by atoms with Gasteiger partial charge in [-0.05, 0) is 31.5 Å². The summed E-state index contributed by atoms with van der Waals surface area (Å²) in [5, 5.41) is 14.4. The Hall–Kier alpha value is -1.82. The van der Waals surface area contributed by atoms with E-state index in [1.807, 2.05) is 0 Å². The number of carboxylic acid groups (broad SMARTS) is 1. The molecule has 1 aliphatic heterocycles. The largest absolute Gasteiger partial charge is 0.475 e. The van der Waals surface area contributed by atoms with Crippen LogP contribution in [0, 0.1) is 0 Å².